The number of rotatable bonds is 2. The summed E-state index contributed by atoms with van der Waals surface area (Å²) in [6, 6.07) is 3.84. The molecule has 2 rings (SSSR count). The minimum absolute atomic E-state index is 0.370. The molecule has 1 aromatic rings. The van der Waals surface area contributed by atoms with Crippen LogP contribution in [0.1, 0.15) is 5.69 Å². The summed E-state index contributed by atoms with van der Waals surface area (Å²) >= 11 is 13.7. The number of thioether (sulfide) groups is 1. The van der Waals surface area contributed by atoms with E-state index in [1.807, 2.05) is 23.9 Å². The van der Waals surface area contributed by atoms with Crippen LogP contribution in [0.5, 0.6) is 0 Å². The second-order valence-corrected chi connectivity index (χ2v) is 5.23. The first kappa shape index (κ1) is 11.4. The van der Waals surface area contributed by atoms with Crippen LogP contribution in [0.4, 0.5) is 5.82 Å². The van der Waals surface area contributed by atoms with Crippen molar-refractivity contribution < 1.29 is 0 Å². The predicted molar refractivity (Wildman–Crippen MR) is 68.3 cm³/mol. The van der Waals surface area contributed by atoms with E-state index in [4.69, 9.17) is 23.2 Å². The van der Waals surface area contributed by atoms with E-state index >= 15 is 0 Å². The van der Waals surface area contributed by atoms with Crippen molar-refractivity contribution in [1.82, 2.24) is 4.98 Å². The smallest absolute Gasteiger partial charge is 0.129 e. The molecule has 1 aliphatic rings. The molecule has 0 bridgehead atoms. The first-order chi connectivity index (χ1) is 7.31. The Balaban J connectivity index is 2.20. The van der Waals surface area contributed by atoms with Crippen molar-refractivity contribution >= 4 is 40.8 Å². The highest BCUT2D eigenvalue weighted by molar-refractivity contribution is 7.99. The molecule has 1 saturated heterocycles. The molecule has 82 valence electrons. The Bertz CT molecular complexity index is 340. The third-order valence-electron chi connectivity index (χ3n) is 2.37. The summed E-state index contributed by atoms with van der Waals surface area (Å²) in [6.07, 6.45) is 0. The number of alkyl halides is 1. The van der Waals surface area contributed by atoms with Crippen LogP contribution in [0.3, 0.4) is 0 Å². The summed E-state index contributed by atoms with van der Waals surface area (Å²) in [4.78, 5) is 6.75. The number of nitrogens with zero attached hydrogens (tertiary/aromatic N) is 2. The Kier molecular flexibility index (Phi) is 4.00. The zero-order chi connectivity index (χ0) is 10.7. The molecule has 0 amide bonds. The average Bonchev–Trinajstić information content (AvgIpc) is 2.31. The highest BCUT2D eigenvalue weighted by Gasteiger charge is 2.13. The summed E-state index contributed by atoms with van der Waals surface area (Å²) in [5.41, 5.74) is 0.772. The van der Waals surface area contributed by atoms with Gasteiger partial charge in [0.15, 0.2) is 0 Å². The second-order valence-electron chi connectivity index (χ2n) is 3.33. The van der Waals surface area contributed by atoms with Crippen molar-refractivity contribution in [1.29, 1.82) is 0 Å². The fourth-order valence-electron chi connectivity index (χ4n) is 1.54. The Morgan fingerprint density at radius 3 is 2.73 bits per heavy atom. The fourth-order valence-corrected chi connectivity index (χ4v) is 2.88. The van der Waals surface area contributed by atoms with Crippen molar-refractivity contribution in [3.05, 3.63) is 22.8 Å². The number of hydrogen-bond donors (Lipinski definition) is 0. The number of aromatic nitrogens is 1. The van der Waals surface area contributed by atoms with E-state index in [9.17, 15) is 0 Å². The molecule has 5 heteroatoms. The van der Waals surface area contributed by atoms with E-state index < -0.39 is 0 Å². The second kappa shape index (κ2) is 5.28. The Hall–Kier alpha value is -0.120. The molecule has 1 aromatic heterocycles. The molecule has 0 radical (unpaired) electrons. The van der Waals surface area contributed by atoms with E-state index in [0.29, 0.717) is 10.9 Å². The zero-order valence-electron chi connectivity index (χ0n) is 8.25. The molecular weight excluding hydrogens is 251 g/mol. The van der Waals surface area contributed by atoms with Crippen molar-refractivity contribution in [2.45, 2.75) is 5.88 Å². The number of pyridine rings is 1. The monoisotopic (exact) mass is 262 g/mol. The fraction of sp³-hybridized carbons (Fsp3) is 0.500. The zero-order valence-corrected chi connectivity index (χ0v) is 10.6. The number of anilines is 1. The van der Waals surface area contributed by atoms with E-state index in [0.717, 1.165) is 24.6 Å². The molecule has 1 fully saturated rings. The molecule has 2 nitrogen and oxygen atoms in total. The quantitative estimate of drug-likeness (QED) is 0.763. The number of hydrogen-bond acceptors (Lipinski definition) is 3. The molecule has 0 saturated carbocycles. The van der Waals surface area contributed by atoms with Crippen molar-refractivity contribution in [3.8, 4) is 0 Å². The average molecular weight is 263 g/mol. The van der Waals surface area contributed by atoms with Gasteiger partial charge in [0.05, 0.1) is 16.6 Å². The predicted octanol–water partition coefficient (Wildman–Crippen LogP) is 3.03. The molecule has 2 heterocycles. The van der Waals surface area contributed by atoms with Gasteiger partial charge in [-0.05, 0) is 12.1 Å². The van der Waals surface area contributed by atoms with Gasteiger partial charge in [0, 0.05) is 24.6 Å². The molecular formula is C10H12Cl2N2S. The minimum atomic E-state index is 0.370. The van der Waals surface area contributed by atoms with E-state index in [1.165, 1.54) is 11.5 Å². The highest BCUT2D eigenvalue weighted by atomic mass is 35.5. The first-order valence-electron chi connectivity index (χ1n) is 4.85. The molecule has 0 spiro atoms. The lowest BCUT2D eigenvalue weighted by molar-refractivity contribution is 0.835. The van der Waals surface area contributed by atoms with Crippen molar-refractivity contribution in [2.24, 2.45) is 0 Å². The van der Waals surface area contributed by atoms with Crippen LogP contribution in [0.25, 0.3) is 0 Å². The summed E-state index contributed by atoms with van der Waals surface area (Å²) in [6.45, 7) is 2.11. The van der Waals surface area contributed by atoms with Crippen molar-refractivity contribution in [3.63, 3.8) is 0 Å². The molecule has 0 aliphatic carbocycles. The molecule has 0 aromatic carbocycles. The summed E-state index contributed by atoms with van der Waals surface area (Å²) in [7, 11) is 0. The standard InChI is InChI=1S/C10H12Cl2N2S/c11-7-9-8(12)1-2-10(13-9)14-3-5-15-6-4-14/h1-2H,3-7H2. The minimum Gasteiger partial charge on any atom is -0.355 e. The van der Waals surface area contributed by atoms with Crippen LogP contribution in [0, 0.1) is 0 Å². The maximum atomic E-state index is 5.97. The highest BCUT2D eigenvalue weighted by Crippen LogP contribution is 2.22. The first-order valence-corrected chi connectivity index (χ1v) is 6.92. The van der Waals surface area contributed by atoms with Crippen LogP contribution in [-0.2, 0) is 5.88 Å². The van der Waals surface area contributed by atoms with Crippen LogP contribution >= 0.6 is 35.0 Å². The summed E-state index contributed by atoms with van der Waals surface area (Å²) < 4.78 is 0. The largest absolute Gasteiger partial charge is 0.355 e. The molecule has 0 atom stereocenters. The van der Waals surface area contributed by atoms with E-state index in [-0.39, 0.29) is 0 Å². The molecule has 0 unspecified atom stereocenters. The van der Waals surface area contributed by atoms with Gasteiger partial charge >= 0.3 is 0 Å². The SMILES string of the molecule is ClCc1nc(N2CCSCC2)ccc1Cl. The summed E-state index contributed by atoms with van der Waals surface area (Å²) in [5, 5.41) is 0.653. The van der Waals surface area contributed by atoms with Crippen LogP contribution < -0.4 is 4.90 Å². The Morgan fingerprint density at radius 2 is 2.07 bits per heavy atom. The van der Waals surface area contributed by atoms with Gasteiger partial charge in [-0.1, -0.05) is 11.6 Å². The maximum Gasteiger partial charge on any atom is 0.129 e. The lowest BCUT2D eigenvalue weighted by Crippen LogP contribution is -2.33. The maximum absolute atomic E-state index is 5.97. The van der Waals surface area contributed by atoms with Gasteiger partial charge in [-0.2, -0.15) is 11.8 Å². The normalized spacial score (nSPS) is 16.8. The van der Waals surface area contributed by atoms with Gasteiger partial charge in [0.1, 0.15) is 5.82 Å². The van der Waals surface area contributed by atoms with Gasteiger partial charge in [-0.15, -0.1) is 11.6 Å². The van der Waals surface area contributed by atoms with Gasteiger partial charge in [0.2, 0.25) is 0 Å². The van der Waals surface area contributed by atoms with Gasteiger partial charge in [0.25, 0.3) is 0 Å². The third kappa shape index (κ3) is 2.71. The van der Waals surface area contributed by atoms with Gasteiger partial charge < -0.3 is 4.90 Å². The van der Waals surface area contributed by atoms with Gasteiger partial charge in [-0.3, -0.25) is 0 Å². The van der Waals surface area contributed by atoms with Crippen LogP contribution in [0.2, 0.25) is 5.02 Å². The summed E-state index contributed by atoms with van der Waals surface area (Å²) in [5.74, 6) is 3.70. The number of halogens is 2. The van der Waals surface area contributed by atoms with E-state index in [2.05, 4.69) is 9.88 Å². The lowest BCUT2D eigenvalue weighted by atomic mass is 10.3. The van der Waals surface area contributed by atoms with Gasteiger partial charge in [-0.25, -0.2) is 4.98 Å². The van der Waals surface area contributed by atoms with E-state index in [1.54, 1.807) is 0 Å². The molecule has 0 N–H and O–H groups in total. The van der Waals surface area contributed by atoms with Crippen LogP contribution in [-0.4, -0.2) is 29.6 Å². The van der Waals surface area contributed by atoms with Crippen molar-refractivity contribution in [2.75, 3.05) is 29.5 Å². The Labute approximate surface area is 104 Å². The Morgan fingerprint density at radius 1 is 1.33 bits per heavy atom. The topological polar surface area (TPSA) is 16.1 Å². The lowest BCUT2D eigenvalue weighted by Gasteiger charge is -2.27. The van der Waals surface area contributed by atoms with Crippen LogP contribution in [0.15, 0.2) is 12.1 Å². The third-order valence-corrected chi connectivity index (χ3v) is 3.91. The molecule has 15 heavy (non-hydrogen) atoms. The molecule has 1 aliphatic heterocycles.